The van der Waals surface area contributed by atoms with Gasteiger partial charge in [0.1, 0.15) is 11.6 Å². The van der Waals surface area contributed by atoms with Crippen molar-refractivity contribution in [2.24, 2.45) is 0 Å². The fourth-order valence-corrected chi connectivity index (χ4v) is 4.12. The summed E-state index contributed by atoms with van der Waals surface area (Å²) in [5.41, 5.74) is 4.99. The van der Waals surface area contributed by atoms with Crippen LogP contribution >= 0.6 is 0 Å². The Bertz CT molecular complexity index is 826. The second-order valence-electron chi connectivity index (χ2n) is 8.34. The number of anilines is 1. The molecule has 5 heteroatoms. The quantitative estimate of drug-likeness (QED) is 0.641. The number of benzene rings is 1. The molecule has 1 atom stereocenters. The first-order chi connectivity index (χ1) is 14.5. The second kappa shape index (κ2) is 10.7. The molecule has 2 heterocycles. The van der Waals surface area contributed by atoms with Gasteiger partial charge in [0, 0.05) is 50.4 Å². The summed E-state index contributed by atoms with van der Waals surface area (Å²) in [4.78, 5) is 14.4. The van der Waals surface area contributed by atoms with Gasteiger partial charge in [0.15, 0.2) is 0 Å². The Hall–Kier alpha value is -2.24. The van der Waals surface area contributed by atoms with Crippen molar-refractivity contribution in [3.05, 3.63) is 65.1 Å². The van der Waals surface area contributed by atoms with Gasteiger partial charge in [0.05, 0.1) is 6.10 Å². The summed E-state index contributed by atoms with van der Waals surface area (Å²) < 4.78 is 0. The van der Waals surface area contributed by atoms with Crippen LogP contribution in [0, 0.1) is 13.8 Å². The highest BCUT2D eigenvalue weighted by molar-refractivity contribution is 5.52. The van der Waals surface area contributed by atoms with E-state index < -0.39 is 0 Å². The smallest absolute Gasteiger partial charge is 0.136 e. The van der Waals surface area contributed by atoms with Crippen molar-refractivity contribution in [2.75, 3.05) is 37.6 Å². The van der Waals surface area contributed by atoms with Gasteiger partial charge in [0.25, 0.3) is 0 Å². The maximum Gasteiger partial charge on any atom is 0.136 e. The van der Waals surface area contributed by atoms with Crippen LogP contribution in [0.4, 0.5) is 5.82 Å². The van der Waals surface area contributed by atoms with Gasteiger partial charge in [0.2, 0.25) is 0 Å². The van der Waals surface area contributed by atoms with Gasteiger partial charge in [-0.1, -0.05) is 42.8 Å². The first-order valence-electron chi connectivity index (χ1n) is 11.2. The number of hydrogen-bond donors (Lipinski definition) is 1. The Morgan fingerprint density at radius 3 is 2.43 bits per heavy atom. The molecule has 1 saturated heterocycles. The molecule has 1 aliphatic rings. The molecule has 0 radical (unpaired) electrons. The second-order valence-corrected chi connectivity index (χ2v) is 8.34. The van der Waals surface area contributed by atoms with Crippen LogP contribution in [0.1, 0.15) is 48.0 Å². The summed E-state index contributed by atoms with van der Waals surface area (Å²) in [6.45, 7) is 14.5. The maximum absolute atomic E-state index is 10.2. The molecule has 1 aliphatic heterocycles. The van der Waals surface area contributed by atoms with E-state index in [-0.39, 0.29) is 6.10 Å². The normalized spacial score (nSPS) is 15.9. The van der Waals surface area contributed by atoms with Crippen LogP contribution in [-0.4, -0.2) is 58.8 Å². The van der Waals surface area contributed by atoms with E-state index in [1.807, 2.05) is 13.0 Å². The molecule has 1 aromatic carbocycles. The minimum absolute atomic E-state index is 0.278. The molecular weight excluding hydrogens is 372 g/mol. The van der Waals surface area contributed by atoms with Gasteiger partial charge in [-0.3, -0.25) is 4.90 Å². The highest BCUT2D eigenvalue weighted by Crippen LogP contribution is 2.26. The third-order valence-corrected chi connectivity index (χ3v) is 5.86. The first kappa shape index (κ1) is 22.4. The minimum atomic E-state index is -0.278. The van der Waals surface area contributed by atoms with E-state index >= 15 is 0 Å². The zero-order chi connectivity index (χ0) is 21.5. The lowest BCUT2D eigenvalue weighted by Gasteiger charge is -2.37. The molecule has 1 N–H and O–H groups in total. The Morgan fingerprint density at radius 1 is 1.10 bits per heavy atom. The van der Waals surface area contributed by atoms with Crippen molar-refractivity contribution in [3.63, 3.8) is 0 Å². The van der Waals surface area contributed by atoms with Crippen molar-refractivity contribution in [2.45, 2.75) is 52.6 Å². The van der Waals surface area contributed by atoms with Crippen LogP contribution in [0.5, 0.6) is 0 Å². The molecule has 0 spiro atoms. The maximum atomic E-state index is 10.2. The van der Waals surface area contributed by atoms with Gasteiger partial charge >= 0.3 is 0 Å². The molecule has 0 amide bonds. The molecule has 3 rings (SSSR count). The van der Waals surface area contributed by atoms with Crippen molar-refractivity contribution >= 4 is 5.82 Å². The van der Waals surface area contributed by atoms with E-state index in [1.165, 1.54) is 16.7 Å². The zero-order valence-electron chi connectivity index (χ0n) is 18.8. The number of allylic oxidation sites excluding steroid dienone is 1. The number of piperazine rings is 1. The Balaban J connectivity index is 1.74. The Labute approximate surface area is 181 Å². The lowest BCUT2D eigenvalue weighted by molar-refractivity contribution is 0.103. The summed E-state index contributed by atoms with van der Waals surface area (Å²) in [6, 6.07) is 8.76. The summed E-state index contributed by atoms with van der Waals surface area (Å²) in [7, 11) is 0. The van der Waals surface area contributed by atoms with Crippen LogP contribution < -0.4 is 4.90 Å². The predicted molar refractivity (Wildman–Crippen MR) is 124 cm³/mol. The largest absolute Gasteiger partial charge is 0.392 e. The van der Waals surface area contributed by atoms with E-state index in [4.69, 9.17) is 9.97 Å². The molecule has 1 fully saturated rings. The van der Waals surface area contributed by atoms with Gasteiger partial charge in [-0.2, -0.15) is 0 Å². The number of β-amino-alcohol motifs (C(OH)–C–C–N with tert-alkyl or cyclic N) is 1. The van der Waals surface area contributed by atoms with Gasteiger partial charge < -0.3 is 10.0 Å². The number of aryl methyl sites for hydroxylation is 3. The Kier molecular flexibility index (Phi) is 8.00. The van der Waals surface area contributed by atoms with Crippen LogP contribution in [0.15, 0.2) is 36.9 Å². The summed E-state index contributed by atoms with van der Waals surface area (Å²) in [5.74, 6) is 1.93. The van der Waals surface area contributed by atoms with Crippen molar-refractivity contribution in [1.29, 1.82) is 0 Å². The van der Waals surface area contributed by atoms with E-state index in [0.717, 1.165) is 75.7 Å². The number of nitrogens with zero attached hydrogens (tertiary/aromatic N) is 4. The Morgan fingerprint density at radius 2 is 1.80 bits per heavy atom. The molecule has 5 nitrogen and oxygen atoms in total. The SMILES string of the molecule is C=CCC[C@H](O)CN1CCN(c2nc(C)nc(CC)c2Cc2ccc(C)cc2)CC1. The van der Waals surface area contributed by atoms with E-state index in [9.17, 15) is 5.11 Å². The summed E-state index contributed by atoms with van der Waals surface area (Å²) in [6.07, 6.45) is 5.02. The van der Waals surface area contributed by atoms with Crippen molar-refractivity contribution in [3.8, 4) is 0 Å². The van der Waals surface area contributed by atoms with Crippen LogP contribution in [0.2, 0.25) is 0 Å². The zero-order valence-corrected chi connectivity index (χ0v) is 18.8. The average molecular weight is 409 g/mol. The predicted octanol–water partition coefficient (Wildman–Crippen LogP) is 3.70. The number of aliphatic hydroxyl groups is 1. The molecule has 2 aromatic rings. The first-order valence-corrected chi connectivity index (χ1v) is 11.2. The van der Waals surface area contributed by atoms with Gasteiger partial charge in [-0.15, -0.1) is 6.58 Å². The number of rotatable bonds is 9. The minimum Gasteiger partial charge on any atom is -0.392 e. The molecule has 0 unspecified atom stereocenters. The third-order valence-electron chi connectivity index (χ3n) is 5.86. The fourth-order valence-electron chi connectivity index (χ4n) is 4.12. The van der Waals surface area contributed by atoms with Crippen molar-refractivity contribution in [1.82, 2.24) is 14.9 Å². The molecule has 0 saturated carbocycles. The molecule has 0 aliphatic carbocycles. The highest BCUT2D eigenvalue weighted by atomic mass is 16.3. The summed E-state index contributed by atoms with van der Waals surface area (Å²) >= 11 is 0. The van der Waals surface area contributed by atoms with E-state index in [2.05, 4.69) is 54.5 Å². The lowest BCUT2D eigenvalue weighted by atomic mass is 10.0. The molecule has 30 heavy (non-hydrogen) atoms. The van der Waals surface area contributed by atoms with Gasteiger partial charge in [-0.25, -0.2) is 9.97 Å². The lowest BCUT2D eigenvalue weighted by Crippen LogP contribution is -2.49. The van der Waals surface area contributed by atoms with E-state index in [1.54, 1.807) is 0 Å². The summed E-state index contributed by atoms with van der Waals surface area (Å²) in [5, 5.41) is 10.2. The monoisotopic (exact) mass is 408 g/mol. The molecule has 1 aromatic heterocycles. The third kappa shape index (κ3) is 5.89. The average Bonchev–Trinajstić information content (AvgIpc) is 2.75. The highest BCUT2D eigenvalue weighted by Gasteiger charge is 2.24. The molecular formula is C25H36N4O. The number of hydrogen-bond acceptors (Lipinski definition) is 5. The molecule has 162 valence electrons. The standard InChI is InChI=1S/C25H36N4O/c1-5-7-8-22(30)18-28-13-15-29(16-14-28)25-23(24(6-2)26-20(4)27-25)17-21-11-9-19(3)10-12-21/h5,9-12,22,30H,1,6-8,13-18H2,2-4H3/t22-/m0/s1. The van der Waals surface area contributed by atoms with E-state index in [0.29, 0.717) is 0 Å². The van der Waals surface area contributed by atoms with Crippen LogP contribution in [-0.2, 0) is 12.8 Å². The van der Waals surface area contributed by atoms with Crippen LogP contribution in [0.25, 0.3) is 0 Å². The topological polar surface area (TPSA) is 52.5 Å². The van der Waals surface area contributed by atoms with Crippen LogP contribution in [0.3, 0.4) is 0 Å². The number of aliphatic hydroxyl groups excluding tert-OH is 1. The number of aromatic nitrogens is 2. The van der Waals surface area contributed by atoms with Gasteiger partial charge in [-0.05, 0) is 38.7 Å². The molecule has 0 bridgehead atoms. The van der Waals surface area contributed by atoms with Crippen molar-refractivity contribution < 1.29 is 5.11 Å². The fraction of sp³-hybridized carbons (Fsp3) is 0.520.